The van der Waals surface area contributed by atoms with E-state index in [-0.39, 0.29) is 0 Å². The van der Waals surface area contributed by atoms with Crippen LogP contribution in [0.4, 0.5) is 0 Å². The molecule has 0 atom stereocenters. The fourth-order valence-corrected chi connectivity index (χ4v) is 8.28. The first-order valence-electron chi connectivity index (χ1n) is 9.87. The third kappa shape index (κ3) is 4.00. The van der Waals surface area contributed by atoms with Crippen LogP contribution in [0.25, 0.3) is 0 Å². The van der Waals surface area contributed by atoms with E-state index in [2.05, 4.69) is 103 Å². The van der Waals surface area contributed by atoms with E-state index in [1.807, 2.05) is 18.2 Å². The van der Waals surface area contributed by atoms with Crippen LogP contribution in [0.15, 0.2) is 115 Å². The van der Waals surface area contributed by atoms with Crippen LogP contribution in [0.5, 0.6) is 0 Å². The van der Waals surface area contributed by atoms with Gasteiger partial charge in [0, 0.05) is 6.42 Å². The zero-order chi connectivity index (χ0) is 19.9. The standard InChI is InChI=1S/C27H23NP/c28-22-24-12-10-11-23(21-24)19-20-29(25-13-4-1-5-14-25,26-15-6-2-7-16-26)27-17-8-3-9-18-27/h1-18,21H,19-20H2/q+1. The van der Waals surface area contributed by atoms with Crippen molar-refractivity contribution >= 4 is 23.2 Å². The first kappa shape index (κ1) is 19.1. The Balaban J connectivity index is 1.87. The molecule has 0 fully saturated rings. The highest BCUT2D eigenvalue weighted by Gasteiger charge is 2.44. The van der Waals surface area contributed by atoms with E-state index in [0.717, 1.165) is 18.1 Å². The lowest BCUT2D eigenvalue weighted by Gasteiger charge is -2.27. The van der Waals surface area contributed by atoms with Gasteiger partial charge in [-0.15, -0.1) is 0 Å². The van der Waals surface area contributed by atoms with Crippen LogP contribution < -0.4 is 15.9 Å². The van der Waals surface area contributed by atoms with Crippen LogP contribution in [-0.4, -0.2) is 6.16 Å². The maximum Gasteiger partial charge on any atom is 0.112 e. The Morgan fingerprint density at radius 1 is 0.586 bits per heavy atom. The molecule has 2 heteroatoms. The van der Waals surface area contributed by atoms with Crippen molar-refractivity contribution in [2.24, 2.45) is 0 Å². The van der Waals surface area contributed by atoms with Crippen molar-refractivity contribution in [3.63, 3.8) is 0 Å². The van der Waals surface area contributed by atoms with Gasteiger partial charge in [-0.2, -0.15) is 5.26 Å². The predicted molar refractivity (Wildman–Crippen MR) is 125 cm³/mol. The van der Waals surface area contributed by atoms with Gasteiger partial charge in [0.05, 0.1) is 17.8 Å². The molecule has 4 aromatic carbocycles. The van der Waals surface area contributed by atoms with Gasteiger partial charge in [-0.1, -0.05) is 66.7 Å². The molecule has 4 rings (SSSR count). The number of hydrogen-bond donors (Lipinski definition) is 0. The Morgan fingerprint density at radius 3 is 1.52 bits per heavy atom. The fraction of sp³-hybridized carbons (Fsp3) is 0.0741. The Bertz CT molecular complexity index is 1000. The highest BCUT2D eigenvalue weighted by molar-refractivity contribution is 7.95. The molecule has 0 saturated heterocycles. The van der Waals surface area contributed by atoms with E-state index in [0.29, 0.717) is 0 Å². The van der Waals surface area contributed by atoms with Crippen LogP contribution in [-0.2, 0) is 6.42 Å². The molecule has 4 aromatic rings. The van der Waals surface area contributed by atoms with E-state index in [9.17, 15) is 5.26 Å². The highest BCUT2D eigenvalue weighted by atomic mass is 31.2. The molecule has 0 saturated carbocycles. The number of rotatable bonds is 6. The van der Waals surface area contributed by atoms with E-state index in [4.69, 9.17) is 0 Å². The fourth-order valence-electron chi connectivity index (χ4n) is 3.98. The average molecular weight is 392 g/mol. The molecule has 0 aliphatic heterocycles. The summed E-state index contributed by atoms with van der Waals surface area (Å²) in [6.45, 7) is 0. The maximum atomic E-state index is 9.28. The van der Waals surface area contributed by atoms with Gasteiger partial charge in [0.15, 0.2) is 0 Å². The van der Waals surface area contributed by atoms with Crippen molar-refractivity contribution in [2.75, 3.05) is 6.16 Å². The summed E-state index contributed by atoms with van der Waals surface area (Å²) in [6, 6.07) is 43.1. The summed E-state index contributed by atoms with van der Waals surface area (Å²) in [5, 5.41) is 13.5. The van der Waals surface area contributed by atoms with E-state index in [1.54, 1.807) is 0 Å². The SMILES string of the molecule is N#Cc1cccc(CC[P+](c2ccccc2)(c2ccccc2)c2ccccc2)c1. The lowest BCUT2D eigenvalue weighted by atomic mass is 10.1. The van der Waals surface area contributed by atoms with Gasteiger partial charge < -0.3 is 0 Å². The molecule has 0 aliphatic carbocycles. The molecule has 0 unspecified atom stereocenters. The number of nitrogens with zero attached hydrogens (tertiary/aromatic N) is 1. The summed E-state index contributed by atoms with van der Waals surface area (Å²) in [5.74, 6) is 0. The lowest BCUT2D eigenvalue weighted by Crippen LogP contribution is -2.34. The molecular formula is C27H23NP+. The third-order valence-corrected chi connectivity index (χ3v) is 9.82. The molecule has 0 radical (unpaired) electrons. The van der Waals surface area contributed by atoms with Crippen molar-refractivity contribution in [2.45, 2.75) is 6.42 Å². The topological polar surface area (TPSA) is 23.8 Å². The second-order valence-corrected chi connectivity index (χ2v) is 10.7. The number of aryl methyl sites for hydroxylation is 1. The summed E-state index contributed by atoms with van der Waals surface area (Å²) in [7, 11) is -1.83. The molecular weight excluding hydrogens is 369 g/mol. The van der Waals surface area contributed by atoms with Crippen LogP contribution in [0.1, 0.15) is 11.1 Å². The predicted octanol–water partition coefficient (Wildman–Crippen LogP) is 5.09. The highest BCUT2D eigenvalue weighted by Crippen LogP contribution is 2.55. The third-order valence-electron chi connectivity index (χ3n) is 5.38. The first-order chi connectivity index (χ1) is 14.3. The minimum Gasteiger partial charge on any atom is -0.192 e. The zero-order valence-corrected chi connectivity index (χ0v) is 17.2. The second-order valence-electron chi connectivity index (χ2n) is 7.10. The largest absolute Gasteiger partial charge is 0.192 e. The summed E-state index contributed by atoms with van der Waals surface area (Å²) in [5.41, 5.74) is 1.95. The Hall–Kier alpha value is -3.20. The summed E-state index contributed by atoms with van der Waals surface area (Å²) < 4.78 is 0. The Labute approximate surface area is 173 Å². The maximum absolute atomic E-state index is 9.28. The monoisotopic (exact) mass is 392 g/mol. The van der Waals surface area contributed by atoms with Gasteiger partial charge in [-0.25, -0.2) is 0 Å². The minimum absolute atomic E-state index is 0.727. The van der Waals surface area contributed by atoms with Gasteiger partial charge in [-0.05, 0) is 54.1 Å². The second kappa shape index (κ2) is 8.87. The van der Waals surface area contributed by atoms with Crippen LogP contribution in [0.3, 0.4) is 0 Å². The first-order valence-corrected chi connectivity index (χ1v) is 11.8. The van der Waals surface area contributed by atoms with Crippen LogP contribution in [0.2, 0.25) is 0 Å². The summed E-state index contributed by atoms with van der Waals surface area (Å²) in [4.78, 5) is 0. The van der Waals surface area contributed by atoms with Crippen molar-refractivity contribution in [3.8, 4) is 6.07 Å². The molecule has 0 aromatic heterocycles. The van der Waals surface area contributed by atoms with Gasteiger partial charge >= 0.3 is 0 Å². The van der Waals surface area contributed by atoms with E-state index < -0.39 is 7.26 Å². The Morgan fingerprint density at radius 2 is 1.07 bits per heavy atom. The van der Waals surface area contributed by atoms with E-state index in [1.165, 1.54) is 21.5 Å². The summed E-state index contributed by atoms with van der Waals surface area (Å²) >= 11 is 0. The number of nitriles is 1. The van der Waals surface area contributed by atoms with Crippen molar-refractivity contribution in [1.82, 2.24) is 0 Å². The average Bonchev–Trinajstić information content (AvgIpc) is 2.82. The van der Waals surface area contributed by atoms with E-state index >= 15 is 0 Å². The number of hydrogen-bond acceptors (Lipinski definition) is 1. The smallest absolute Gasteiger partial charge is 0.112 e. The molecule has 1 nitrogen and oxygen atoms in total. The van der Waals surface area contributed by atoms with Gasteiger partial charge in [0.2, 0.25) is 0 Å². The molecule has 0 heterocycles. The van der Waals surface area contributed by atoms with Gasteiger partial charge in [0.1, 0.15) is 23.2 Å². The quantitative estimate of drug-likeness (QED) is 0.419. The zero-order valence-electron chi connectivity index (χ0n) is 16.3. The molecule has 0 bridgehead atoms. The molecule has 0 aliphatic rings. The minimum atomic E-state index is -1.83. The molecule has 0 spiro atoms. The van der Waals surface area contributed by atoms with Crippen molar-refractivity contribution < 1.29 is 0 Å². The van der Waals surface area contributed by atoms with Gasteiger partial charge in [0.25, 0.3) is 0 Å². The van der Waals surface area contributed by atoms with Crippen LogP contribution in [0, 0.1) is 11.3 Å². The lowest BCUT2D eigenvalue weighted by molar-refractivity contribution is 1.14. The molecule has 29 heavy (non-hydrogen) atoms. The van der Waals surface area contributed by atoms with Gasteiger partial charge in [-0.3, -0.25) is 0 Å². The van der Waals surface area contributed by atoms with Crippen molar-refractivity contribution in [3.05, 3.63) is 126 Å². The molecule has 0 N–H and O–H groups in total. The number of benzene rings is 4. The molecule has 140 valence electrons. The Kier molecular flexibility index (Phi) is 5.85. The normalized spacial score (nSPS) is 11.0. The molecule has 0 amide bonds. The van der Waals surface area contributed by atoms with Crippen LogP contribution >= 0.6 is 7.26 Å². The van der Waals surface area contributed by atoms with Crippen molar-refractivity contribution in [1.29, 1.82) is 5.26 Å². The summed E-state index contributed by atoms with van der Waals surface area (Å²) in [6.07, 6.45) is 1.96.